The Morgan fingerprint density at radius 2 is 2.05 bits per heavy atom. The molecule has 3 heteroatoms. The van der Waals surface area contributed by atoms with E-state index in [1.807, 2.05) is 24.3 Å². The summed E-state index contributed by atoms with van der Waals surface area (Å²) < 4.78 is 18.9. The molecule has 104 valence electrons. The number of fused-ring (bicyclic) bond motifs is 1. The Labute approximate surface area is 117 Å². The molecule has 1 N–H and O–H groups in total. The second kappa shape index (κ2) is 5.73. The Hall–Kier alpha value is -1.71. The van der Waals surface area contributed by atoms with E-state index in [-0.39, 0.29) is 11.9 Å². The van der Waals surface area contributed by atoms with Crippen molar-refractivity contribution >= 4 is 0 Å². The van der Waals surface area contributed by atoms with Gasteiger partial charge in [-0.05, 0) is 35.2 Å². The molecule has 20 heavy (non-hydrogen) atoms. The number of aliphatic hydroxyl groups excluding tert-OH is 1. The Kier molecular flexibility index (Phi) is 3.81. The maximum Gasteiger partial charge on any atom is 0.123 e. The van der Waals surface area contributed by atoms with Crippen molar-refractivity contribution in [3.8, 4) is 0 Å². The number of halogens is 1. The van der Waals surface area contributed by atoms with Gasteiger partial charge in [0.15, 0.2) is 0 Å². The molecular formula is C17H17FO2. The fourth-order valence-corrected chi connectivity index (χ4v) is 2.76. The van der Waals surface area contributed by atoms with Crippen LogP contribution in [0.2, 0.25) is 0 Å². The van der Waals surface area contributed by atoms with E-state index >= 15 is 0 Å². The summed E-state index contributed by atoms with van der Waals surface area (Å²) in [6.45, 7) is 0.613. The Bertz CT molecular complexity index is 597. The lowest BCUT2D eigenvalue weighted by Crippen LogP contribution is -2.28. The van der Waals surface area contributed by atoms with Gasteiger partial charge in [-0.25, -0.2) is 4.39 Å². The standard InChI is InChI=1S/C17H17FO2/c18-14-6-3-4-12(10-14)11-16(19)17-15-7-2-1-5-13(15)8-9-20-17/h1-7,10,16-17,19H,8-9,11H2. The van der Waals surface area contributed by atoms with E-state index in [4.69, 9.17) is 4.74 Å². The Balaban J connectivity index is 1.80. The molecule has 1 heterocycles. The van der Waals surface area contributed by atoms with Gasteiger partial charge in [-0.3, -0.25) is 0 Å². The summed E-state index contributed by atoms with van der Waals surface area (Å²) in [5.74, 6) is -0.278. The first-order chi connectivity index (χ1) is 9.74. The molecule has 0 spiro atoms. The fraction of sp³-hybridized carbons (Fsp3) is 0.294. The zero-order valence-corrected chi connectivity index (χ0v) is 11.1. The van der Waals surface area contributed by atoms with Crippen LogP contribution in [0.3, 0.4) is 0 Å². The van der Waals surface area contributed by atoms with Crippen molar-refractivity contribution in [2.45, 2.75) is 25.0 Å². The molecule has 0 radical (unpaired) electrons. The lowest BCUT2D eigenvalue weighted by molar-refractivity contribution is -0.0460. The van der Waals surface area contributed by atoms with Crippen LogP contribution in [-0.2, 0) is 17.6 Å². The second-order valence-corrected chi connectivity index (χ2v) is 5.14. The van der Waals surface area contributed by atoms with Crippen LogP contribution in [-0.4, -0.2) is 17.8 Å². The van der Waals surface area contributed by atoms with Gasteiger partial charge in [0, 0.05) is 6.42 Å². The third kappa shape index (κ3) is 2.74. The highest BCUT2D eigenvalue weighted by Crippen LogP contribution is 2.30. The number of aliphatic hydroxyl groups is 1. The van der Waals surface area contributed by atoms with Gasteiger partial charge in [-0.15, -0.1) is 0 Å². The molecule has 2 aromatic rings. The van der Waals surface area contributed by atoms with Crippen molar-refractivity contribution in [2.75, 3.05) is 6.61 Å². The lowest BCUT2D eigenvalue weighted by Gasteiger charge is -2.29. The van der Waals surface area contributed by atoms with Crippen LogP contribution in [0, 0.1) is 5.82 Å². The largest absolute Gasteiger partial charge is 0.390 e. The molecular weight excluding hydrogens is 255 g/mol. The number of ether oxygens (including phenoxy) is 1. The van der Waals surface area contributed by atoms with Crippen LogP contribution in [0.5, 0.6) is 0 Å². The molecule has 2 unspecified atom stereocenters. The minimum Gasteiger partial charge on any atom is -0.390 e. The molecule has 0 bridgehead atoms. The summed E-state index contributed by atoms with van der Waals surface area (Å²) in [6.07, 6.45) is 0.261. The van der Waals surface area contributed by atoms with E-state index in [0.717, 1.165) is 17.5 Å². The Morgan fingerprint density at radius 3 is 2.90 bits per heavy atom. The molecule has 0 amide bonds. The van der Waals surface area contributed by atoms with Gasteiger partial charge in [0.25, 0.3) is 0 Å². The zero-order chi connectivity index (χ0) is 13.9. The number of benzene rings is 2. The van der Waals surface area contributed by atoms with Crippen LogP contribution >= 0.6 is 0 Å². The van der Waals surface area contributed by atoms with Gasteiger partial charge in [0.2, 0.25) is 0 Å². The van der Waals surface area contributed by atoms with Gasteiger partial charge in [-0.2, -0.15) is 0 Å². The molecule has 0 saturated heterocycles. The van der Waals surface area contributed by atoms with Gasteiger partial charge in [-0.1, -0.05) is 36.4 Å². The third-order valence-corrected chi connectivity index (χ3v) is 3.71. The molecule has 1 aliphatic rings. The van der Waals surface area contributed by atoms with E-state index in [1.54, 1.807) is 6.07 Å². The van der Waals surface area contributed by atoms with Crippen LogP contribution in [0.4, 0.5) is 4.39 Å². The number of rotatable bonds is 3. The van der Waals surface area contributed by atoms with Gasteiger partial charge in [0.1, 0.15) is 11.9 Å². The predicted octanol–water partition coefficient (Wildman–Crippen LogP) is 3.04. The second-order valence-electron chi connectivity index (χ2n) is 5.14. The van der Waals surface area contributed by atoms with Crippen LogP contribution in [0.25, 0.3) is 0 Å². The van der Waals surface area contributed by atoms with Crippen molar-refractivity contribution in [3.63, 3.8) is 0 Å². The first-order valence-electron chi connectivity index (χ1n) is 6.86. The molecule has 0 fully saturated rings. The highest BCUT2D eigenvalue weighted by atomic mass is 19.1. The van der Waals surface area contributed by atoms with Crippen LogP contribution in [0.1, 0.15) is 22.8 Å². The van der Waals surface area contributed by atoms with Gasteiger partial charge in [0.05, 0.1) is 12.7 Å². The summed E-state index contributed by atoms with van der Waals surface area (Å²) in [5.41, 5.74) is 3.05. The molecule has 3 rings (SSSR count). The van der Waals surface area contributed by atoms with E-state index in [0.29, 0.717) is 13.0 Å². The van der Waals surface area contributed by atoms with E-state index < -0.39 is 6.10 Å². The average Bonchev–Trinajstić information content (AvgIpc) is 2.46. The molecule has 0 saturated carbocycles. The molecule has 2 nitrogen and oxygen atoms in total. The normalized spacial score (nSPS) is 19.4. The molecule has 0 aromatic heterocycles. The molecule has 1 aliphatic heterocycles. The predicted molar refractivity (Wildman–Crippen MR) is 74.9 cm³/mol. The maximum absolute atomic E-state index is 13.2. The lowest BCUT2D eigenvalue weighted by atomic mass is 9.92. The molecule has 2 atom stereocenters. The van der Waals surface area contributed by atoms with Crippen molar-refractivity contribution < 1.29 is 14.2 Å². The van der Waals surface area contributed by atoms with Crippen molar-refractivity contribution in [1.82, 2.24) is 0 Å². The molecule has 2 aromatic carbocycles. The first-order valence-corrected chi connectivity index (χ1v) is 6.86. The van der Waals surface area contributed by atoms with E-state index in [1.165, 1.54) is 17.7 Å². The van der Waals surface area contributed by atoms with Crippen molar-refractivity contribution in [3.05, 3.63) is 71.0 Å². The Morgan fingerprint density at radius 1 is 1.20 bits per heavy atom. The fourth-order valence-electron chi connectivity index (χ4n) is 2.76. The zero-order valence-electron chi connectivity index (χ0n) is 11.1. The minimum atomic E-state index is -0.668. The van der Waals surface area contributed by atoms with Gasteiger partial charge < -0.3 is 9.84 Å². The maximum atomic E-state index is 13.2. The SMILES string of the molecule is OC(Cc1cccc(F)c1)C1OCCc2ccccc21. The van der Waals surface area contributed by atoms with Crippen molar-refractivity contribution in [1.29, 1.82) is 0 Å². The monoisotopic (exact) mass is 272 g/mol. The average molecular weight is 272 g/mol. The summed E-state index contributed by atoms with van der Waals surface area (Å²) in [7, 11) is 0. The summed E-state index contributed by atoms with van der Waals surface area (Å²) in [5, 5.41) is 10.4. The summed E-state index contributed by atoms with van der Waals surface area (Å²) in [6, 6.07) is 14.4. The van der Waals surface area contributed by atoms with E-state index in [2.05, 4.69) is 6.07 Å². The van der Waals surface area contributed by atoms with Crippen LogP contribution < -0.4 is 0 Å². The highest BCUT2D eigenvalue weighted by molar-refractivity contribution is 5.32. The third-order valence-electron chi connectivity index (χ3n) is 3.71. The molecule has 0 aliphatic carbocycles. The first kappa shape index (κ1) is 13.3. The number of hydrogen-bond donors (Lipinski definition) is 1. The smallest absolute Gasteiger partial charge is 0.123 e. The van der Waals surface area contributed by atoms with Crippen LogP contribution in [0.15, 0.2) is 48.5 Å². The summed E-state index contributed by atoms with van der Waals surface area (Å²) in [4.78, 5) is 0. The van der Waals surface area contributed by atoms with Gasteiger partial charge >= 0.3 is 0 Å². The quantitative estimate of drug-likeness (QED) is 0.930. The minimum absolute atomic E-state index is 0.278. The van der Waals surface area contributed by atoms with Crippen molar-refractivity contribution in [2.24, 2.45) is 0 Å². The topological polar surface area (TPSA) is 29.5 Å². The highest BCUT2D eigenvalue weighted by Gasteiger charge is 2.27. The summed E-state index contributed by atoms with van der Waals surface area (Å²) >= 11 is 0. The number of hydrogen-bond acceptors (Lipinski definition) is 2. The van der Waals surface area contributed by atoms with E-state index in [9.17, 15) is 9.50 Å².